The fourth-order valence-corrected chi connectivity index (χ4v) is 3.31. The Morgan fingerprint density at radius 1 is 1.48 bits per heavy atom. The molecule has 1 heterocycles. The number of ketones is 1. The van der Waals surface area contributed by atoms with Crippen LogP contribution in [0.2, 0.25) is 0 Å². The number of aromatic nitrogens is 1. The van der Waals surface area contributed by atoms with Crippen molar-refractivity contribution in [3.05, 3.63) is 35.7 Å². The van der Waals surface area contributed by atoms with Crippen LogP contribution in [0.4, 0.5) is 14.6 Å². The van der Waals surface area contributed by atoms with Crippen LogP contribution < -0.4 is 9.66 Å². The van der Waals surface area contributed by atoms with Crippen molar-refractivity contribution in [3.63, 3.8) is 0 Å². The maximum absolute atomic E-state index is 12.9. The zero-order valence-electron chi connectivity index (χ0n) is 14.7. The number of rotatable bonds is 9. The molecule has 1 aromatic heterocycles. The summed E-state index contributed by atoms with van der Waals surface area (Å²) in [7, 11) is 3.40. The number of benzene rings is 1. The Morgan fingerprint density at radius 3 is 2.81 bits per heavy atom. The molecule has 0 fully saturated rings. The third-order valence-electron chi connectivity index (χ3n) is 3.51. The van der Waals surface area contributed by atoms with Gasteiger partial charge < -0.3 is 9.62 Å². The minimum Gasteiger partial charge on any atom is -0.382 e. The number of fused-ring (bicyclic) bond motifs is 1. The number of hydrogen-bond acceptors (Lipinski definition) is 7. The number of hydrogen-bond donors (Lipinski definition) is 2. The van der Waals surface area contributed by atoms with E-state index >= 15 is 0 Å². The van der Waals surface area contributed by atoms with E-state index < -0.39 is 12.5 Å². The van der Waals surface area contributed by atoms with Gasteiger partial charge in [0.2, 0.25) is 5.78 Å². The van der Waals surface area contributed by atoms with E-state index in [2.05, 4.69) is 22.5 Å². The Morgan fingerprint density at radius 2 is 2.22 bits per heavy atom. The number of Topliss-reactive ketones (excluding diaryl/α,β-unsaturated/α-hetero) is 1. The normalized spacial score (nSPS) is 11.3. The zero-order valence-corrected chi connectivity index (χ0v) is 16.4. The molecule has 6 nitrogen and oxygen atoms in total. The highest BCUT2D eigenvalue weighted by Gasteiger charge is 2.20. The number of alkyl halides is 1. The molecule has 0 aliphatic rings. The van der Waals surface area contributed by atoms with Gasteiger partial charge in [-0.15, -0.1) is 0 Å². The second-order valence-electron chi connectivity index (χ2n) is 5.77. The predicted molar refractivity (Wildman–Crippen MR) is 106 cm³/mol. The molecule has 0 aliphatic heterocycles. The quantitative estimate of drug-likeness (QED) is 0.161. The number of carbonyl (C=O) groups excluding carboxylic acids is 1. The van der Waals surface area contributed by atoms with E-state index in [-0.39, 0.29) is 17.0 Å². The lowest BCUT2D eigenvalue weighted by atomic mass is 10.1. The fraction of sp³-hybridized carbons (Fsp3) is 0.294. The second kappa shape index (κ2) is 9.53. The van der Waals surface area contributed by atoms with Crippen molar-refractivity contribution in [2.24, 2.45) is 0 Å². The standard InChI is InChI=1S/C17H18F2N4O2S2/c1-22(2)10-12(9-20)17(24)15-6-11-7-16(25-19)13(8-14(11)23(15)26)21-27-5-3-4-18/h6-8,10,21,26H,3-5H2,1-2H3/b12-10+. The molecule has 0 spiro atoms. The number of halogens is 2. The summed E-state index contributed by atoms with van der Waals surface area (Å²) in [6.45, 7) is -0.438. The number of thiol groups is 1. The minimum atomic E-state index is -0.507. The molecule has 1 N–H and O–H groups in total. The number of anilines is 1. The van der Waals surface area contributed by atoms with Gasteiger partial charge in [0.25, 0.3) is 0 Å². The summed E-state index contributed by atoms with van der Waals surface area (Å²) >= 11 is 5.55. The summed E-state index contributed by atoms with van der Waals surface area (Å²) in [5, 5.41) is 9.75. The molecule has 2 rings (SSSR count). The molecular formula is C17H18F2N4O2S2. The summed E-state index contributed by atoms with van der Waals surface area (Å²) < 4.78 is 29.3. The van der Waals surface area contributed by atoms with Crippen LogP contribution in [0, 0.1) is 11.3 Å². The summed E-state index contributed by atoms with van der Waals surface area (Å²) in [4.78, 5) is 18.1. The number of nitrogens with zero attached hydrogens (tertiary/aromatic N) is 3. The van der Waals surface area contributed by atoms with Crippen LogP contribution in [0.1, 0.15) is 16.9 Å². The van der Waals surface area contributed by atoms with E-state index in [1.54, 1.807) is 25.1 Å². The van der Waals surface area contributed by atoms with Gasteiger partial charge >= 0.3 is 0 Å². The molecule has 10 heteroatoms. The fourth-order valence-electron chi connectivity index (χ4n) is 2.32. The topological polar surface area (TPSA) is 70.3 Å². The summed E-state index contributed by atoms with van der Waals surface area (Å²) in [5.41, 5.74) is 0.957. The molecule has 1 aromatic carbocycles. The van der Waals surface area contributed by atoms with Gasteiger partial charge in [0.1, 0.15) is 17.3 Å². The van der Waals surface area contributed by atoms with Gasteiger partial charge in [-0.1, -0.05) is 24.8 Å². The lowest BCUT2D eigenvalue weighted by molar-refractivity contribution is -0.00504. The van der Waals surface area contributed by atoms with Crippen molar-refractivity contribution in [3.8, 4) is 11.8 Å². The first kappa shape index (κ1) is 20.9. The van der Waals surface area contributed by atoms with Gasteiger partial charge in [0.15, 0.2) is 5.75 Å². The summed E-state index contributed by atoms with van der Waals surface area (Å²) in [5.74, 6) is -0.0864. The van der Waals surface area contributed by atoms with E-state index in [4.69, 9.17) is 0 Å². The highest BCUT2D eigenvalue weighted by molar-refractivity contribution is 8.00. The molecule has 0 amide bonds. The molecule has 0 bridgehead atoms. The van der Waals surface area contributed by atoms with Gasteiger partial charge in [-0.05, 0) is 24.6 Å². The smallest absolute Gasteiger partial charge is 0.222 e. The third kappa shape index (κ3) is 4.87. The number of nitriles is 1. The number of allylic oxidation sites excluding steroid dienone is 1. The van der Waals surface area contributed by atoms with Crippen LogP contribution >= 0.6 is 24.8 Å². The third-order valence-corrected chi connectivity index (χ3v) is 4.80. The Hall–Kier alpha value is -2.38. The Labute approximate surface area is 165 Å². The van der Waals surface area contributed by atoms with Crippen molar-refractivity contribution in [2.75, 3.05) is 31.2 Å². The van der Waals surface area contributed by atoms with E-state index in [1.807, 2.05) is 6.07 Å². The van der Waals surface area contributed by atoms with Crippen molar-refractivity contribution in [1.82, 2.24) is 8.87 Å². The zero-order chi connectivity index (χ0) is 20.0. The highest BCUT2D eigenvalue weighted by atomic mass is 32.2. The molecule has 0 saturated carbocycles. The van der Waals surface area contributed by atoms with Gasteiger partial charge in [0, 0.05) is 36.0 Å². The highest BCUT2D eigenvalue weighted by Crippen LogP contribution is 2.35. The summed E-state index contributed by atoms with van der Waals surface area (Å²) in [6.07, 6.45) is 1.78. The molecule has 0 saturated heterocycles. The SMILES string of the molecule is CN(C)/C=C(\C#N)C(=O)c1cc2cc(OF)c(NSCCCF)cc2n1S. The molecule has 0 aliphatic carbocycles. The van der Waals surface area contributed by atoms with Crippen molar-refractivity contribution in [1.29, 1.82) is 5.26 Å². The monoisotopic (exact) mass is 412 g/mol. The molecule has 0 unspecified atom stereocenters. The van der Waals surface area contributed by atoms with Crippen LogP contribution in [0.25, 0.3) is 10.9 Å². The Kier molecular flexibility index (Phi) is 7.38. The second-order valence-corrected chi connectivity index (χ2v) is 7.07. The van der Waals surface area contributed by atoms with Gasteiger partial charge in [-0.3, -0.25) is 18.1 Å². The van der Waals surface area contributed by atoms with E-state index in [9.17, 15) is 19.0 Å². The molecule has 0 atom stereocenters. The lowest BCUT2D eigenvalue weighted by Gasteiger charge is -2.09. The first-order valence-corrected chi connectivity index (χ1v) is 9.25. The van der Waals surface area contributed by atoms with Crippen LogP contribution in [0.15, 0.2) is 30.0 Å². The maximum atomic E-state index is 12.9. The van der Waals surface area contributed by atoms with Crippen molar-refractivity contribution < 1.29 is 18.7 Å². The minimum absolute atomic E-state index is 0.0554. The average molecular weight is 412 g/mol. The van der Waals surface area contributed by atoms with Crippen LogP contribution in [0.3, 0.4) is 0 Å². The van der Waals surface area contributed by atoms with Crippen molar-refractivity contribution >= 4 is 47.1 Å². The molecule has 0 radical (unpaired) electrons. The van der Waals surface area contributed by atoms with Crippen molar-refractivity contribution in [2.45, 2.75) is 6.42 Å². The van der Waals surface area contributed by atoms with Crippen LogP contribution in [0.5, 0.6) is 5.75 Å². The van der Waals surface area contributed by atoms with Gasteiger partial charge in [-0.25, -0.2) is 0 Å². The maximum Gasteiger partial charge on any atom is 0.222 e. The molecule has 27 heavy (non-hydrogen) atoms. The van der Waals surface area contributed by atoms with E-state index in [0.717, 1.165) is 0 Å². The van der Waals surface area contributed by atoms with Crippen LogP contribution in [-0.4, -0.2) is 41.2 Å². The van der Waals surface area contributed by atoms with Gasteiger partial charge in [-0.2, -0.15) is 5.26 Å². The number of carbonyl (C=O) groups is 1. The Balaban J connectivity index is 2.43. The first-order valence-electron chi connectivity index (χ1n) is 7.87. The van der Waals surface area contributed by atoms with Crippen LogP contribution in [-0.2, 0) is 0 Å². The largest absolute Gasteiger partial charge is 0.382 e. The Bertz CT molecular complexity index is 906. The molecule has 144 valence electrons. The molecular weight excluding hydrogens is 394 g/mol. The first-order chi connectivity index (χ1) is 12.9. The number of nitrogens with one attached hydrogen (secondary N) is 1. The summed E-state index contributed by atoms with van der Waals surface area (Å²) in [6, 6.07) is 6.36. The average Bonchev–Trinajstić information content (AvgIpc) is 2.97. The predicted octanol–water partition coefficient (Wildman–Crippen LogP) is 4.17. The van der Waals surface area contributed by atoms with E-state index in [0.29, 0.717) is 28.8 Å². The van der Waals surface area contributed by atoms with E-state index in [1.165, 1.54) is 34.3 Å². The molecule has 2 aromatic rings. The van der Waals surface area contributed by atoms with Gasteiger partial charge in [0.05, 0.1) is 17.9 Å². The lowest BCUT2D eigenvalue weighted by Crippen LogP contribution is -2.10.